The number of hydrogen-bond acceptors (Lipinski definition) is 2. The summed E-state index contributed by atoms with van der Waals surface area (Å²) in [6.45, 7) is 4.14. The van der Waals surface area contributed by atoms with Crippen LogP contribution in [0.1, 0.15) is 38.2 Å². The van der Waals surface area contributed by atoms with Crippen LogP contribution in [0.15, 0.2) is 28.7 Å². The zero-order chi connectivity index (χ0) is 15.6. The number of carboxylic acid groups (broad SMARTS) is 1. The molecular formula is C16H20BrNO3. The van der Waals surface area contributed by atoms with E-state index in [1.165, 1.54) is 5.56 Å². The molecule has 1 fully saturated rings. The fourth-order valence-corrected chi connectivity index (χ4v) is 2.86. The first-order chi connectivity index (χ1) is 9.90. The molecule has 5 heteroatoms. The molecular weight excluding hydrogens is 334 g/mol. The van der Waals surface area contributed by atoms with Crippen molar-refractivity contribution in [1.29, 1.82) is 0 Å². The summed E-state index contributed by atoms with van der Waals surface area (Å²) >= 11 is 3.40. The van der Waals surface area contributed by atoms with Crippen molar-refractivity contribution in [3.63, 3.8) is 0 Å². The zero-order valence-corrected chi connectivity index (χ0v) is 13.8. The summed E-state index contributed by atoms with van der Waals surface area (Å²) in [6.07, 6.45) is 0.857. The fraction of sp³-hybridized carbons (Fsp3) is 0.500. The number of benzene rings is 1. The van der Waals surface area contributed by atoms with Gasteiger partial charge in [-0.25, -0.2) is 0 Å². The van der Waals surface area contributed by atoms with Gasteiger partial charge in [-0.15, -0.1) is 0 Å². The Labute approximate surface area is 133 Å². The van der Waals surface area contributed by atoms with E-state index in [9.17, 15) is 9.59 Å². The third-order valence-electron chi connectivity index (χ3n) is 3.88. The molecule has 1 aliphatic rings. The van der Waals surface area contributed by atoms with Crippen molar-refractivity contribution in [2.45, 2.75) is 38.6 Å². The fourth-order valence-electron chi connectivity index (χ4n) is 2.60. The van der Waals surface area contributed by atoms with E-state index in [-0.39, 0.29) is 36.8 Å². The van der Waals surface area contributed by atoms with Crippen molar-refractivity contribution < 1.29 is 14.7 Å². The molecule has 1 aliphatic carbocycles. The number of halogens is 1. The third kappa shape index (κ3) is 4.06. The highest BCUT2D eigenvalue weighted by Crippen LogP contribution is 2.48. The van der Waals surface area contributed by atoms with Crippen molar-refractivity contribution in [1.82, 2.24) is 4.90 Å². The van der Waals surface area contributed by atoms with Gasteiger partial charge in [-0.2, -0.15) is 0 Å². The second kappa shape index (κ2) is 6.60. The van der Waals surface area contributed by atoms with Crippen LogP contribution in [0.25, 0.3) is 0 Å². The second-order valence-corrected chi connectivity index (χ2v) is 6.69. The maximum Gasteiger partial charge on any atom is 0.305 e. The molecule has 0 bridgehead atoms. The molecule has 2 unspecified atom stereocenters. The molecule has 1 saturated carbocycles. The Kier molecular flexibility index (Phi) is 5.04. The molecule has 1 aromatic rings. The summed E-state index contributed by atoms with van der Waals surface area (Å²) in [4.78, 5) is 24.9. The van der Waals surface area contributed by atoms with E-state index in [1.54, 1.807) is 4.90 Å². The van der Waals surface area contributed by atoms with Crippen molar-refractivity contribution in [2.24, 2.45) is 5.92 Å². The van der Waals surface area contributed by atoms with Crippen LogP contribution in [0.2, 0.25) is 0 Å². The molecule has 2 rings (SSSR count). The average molecular weight is 354 g/mol. The largest absolute Gasteiger partial charge is 0.481 e. The topological polar surface area (TPSA) is 57.6 Å². The molecule has 0 aromatic heterocycles. The van der Waals surface area contributed by atoms with Crippen LogP contribution in [0.5, 0.6) is 0 Å². The van der Waals surface area contributed by atoms with E-state index < -0.39 is 5.97 Å². The van der Waals surface area contributed by atoms with Gasteiger partial charge in [0.1, 0.15) is 0 Å². The van der Waals surface area contributed by atoms with Gasteiger partial charge >= 0.3 is 5.97 Å². The van der Waals surface area contributed by atoms with Gasteiger partial charge in [0.05, 0.1) is 6.42 Å². The Hall–Kier alpha value is -1.36. The van der Waals surface area contributed by atoms with Gasteiger partial charge in [0.15, 0.2) is 0 Å². The Bertz CT molecular complexity index is 527. The molecule has 0 radical (unpaired) electrons. The van der Waals surface area contributed by atoms with E-state index in [4.69, 9.17) is 5.11 Å². The first kappa shape index (κ1) is 16.0. The maximum atomic E-state index is 12.5. The molecule has 2 atom stereocenters. The van der Waals surface area contributed by atoms with E-state index in [0.717, 1.165) is 10.9 Å². The van der Waals surface area contributed by atoms with Gasteiger partial charge in [0.2, 0.25) is 5.91 Å². The lowest BCUT2D eigenvalue weighted by Gasteiger charge is -2.26. The van der Waals surface area contributed by atoms with Crippen LogP contribution in [-0.2, 0) is 9.59 Å². The van der Waals surface area contributed by atoms with Gasteiger partial charge in [0, 0.05) is 23.0 Å². The normalized spacial score (nSPS) is 20.4. The number of hydrogen-bond donors (Lipinski definition) is 1. The number of aliphatic carboxylic acids is 1. The summed E-state index contributed by atoms with van der Waals surface area (Å²) < 4.78 is 1.03. The zero-order valence-electron chi connectivity index (χ0n) is 12.3. The smallest absolute Gasteiger partial charge is 0.305 e. The molecule has 0 saturated heterocycles. The van der Waals surface area contributed by atoms with Gasteiger partial charge in [-0.3, -0.25) is 9.59 Å². The number of amides is 1. The van der Waals surface area contributed by atoms with Crippen molar-refractivity contribution in [2.75, 3.05) is 6.54 Å². The van der Waals surface area contributed by atoms with Crippen molar-refractivity contribution in [3.05, 3.63) is 34.3 Å². The third-order valence-corrected chi connectivity index (χ3v) is 4.41. The van der Waals surface area contributed by atoms with Crippen LogP contribution in [-0.4, -0.2) is 34.5 Å². The Morgan fingerprint density at radius 2 is 1.95 bits per heavy atom. The maximum absolute atomic E-state index is 12.5. The van der Waals surface area contributed by atoms with Crippen LogP contribution in [0, 0.1) is 5.92 Å². The van der Waals surface area contributed by atoms with E-state index in [0.29, 0.717) is 0 Å². The minimum Gasteiger partial charge on any atom is -0.481 e. The minimum atomic E-state index is -0.867. The van der Waals surface area contributed by atoms with E-state index in [2.05, 4.69) is 15.9 Å². The number of rotatable bonds is 6. The molecule has 1 N–H and O–H groups in total. The lowest BCUT2D eigenvalue weighted by Crippen LogP contribution is -2.39. The van der Waals surface area contributed by atoms with Crippen LogP contribution >= 0.6 is 15.9 Å². The highest BCUT2D eigenvalue weighted by molar-refractivity contribution is 9.10. The number of carboxylic acids is 1. The first-order valence-corrected chi connectivity index (χ1v) is 7.97. The molecule has 21 heavy (non-hydrogen) atoms. The van der Waals surface area contributed by atoms with Gasteiger partial charge in [-0.1, -0.05) is 28.1 Å². The Morgan fingerprint density at radius 3 is 2.48 bits per heavy atom. The standard InChI is InChI=1S/C16H20BrNO3/c1-10(2)18(8-7-15(19)20)16(21)14-9-13(14)11-3-5-12(17)6-4-11/h3-6,10,13-14H,7-9H2,1-2H3,(H,19,20). The predicted molar refractivity (Wildman–Crippen MR) is 84.1 cm³/mol. The lowest BCUT2D eigenvalue weighted by atomic mass is 10.1. The molecule has 0 spiro atoms. The summed E-state index contributed by atoms with van der Waals surface area (Å²) in [5.74, 6) is -0.507. The molecule has 1 aromatic carbocycles. The van der Waals surface area contributed by atoms with E-state index >= 15 is 0 Å². The van der Waals surface area contributed by atoms with Gasteiger partial charge in [0.25, 0.3) is 0 Å². The van der Waals surface area contributed by atoms with Crippen LogP contribution < -0.4 is 0 Å². The van der Waals surface area contributed by atoms with E-state index in [1.807, 2.05) is 38.1 Å². The molecule has 114 valence electrons. The molecule has 0 heterocycles. The quantitative estimate of drug-likeness (QED) is 0.853. The average Bonchev–Trinajstić information content (AvgIpc) is 3.19. The molecule has 1 amide bonds. The molecule has 0 aliphatic heterocycles. The summed E-state index contributed by atoms with van der Waals surface area (Å²) in [5.41, 5.74) is 1.18. The van der Waals surface area contributed by atoms with Crippen LogP contribution in [0.3, 0.4) is 0 Å². The summed E-state index contributed by atoms with van der Waals surface area (Å²) in [7, 11) is 0. The van der Waals surface area contributed by atoms with Gasteiger partial charge < -0.3 is 10.0 Å². The monoisotopic (exact) mass is 353 g/mol. The lowest BCUT2D eigenvalue weighted by molar-refractivity contribution is -0.139. The van der Waals surface area contributed by atoms with Gasteiger partial charge in [-0.05, 0) is 43.9 Å². The summed E-state index contributed by atoms with van der Waals surface area (Å²) in [5, 5.41) is 8.79. The molecule has 4 nitrogen and oxygen atoms in total. The first-order valence-electron chi connectivity index (χ1n) is 7.18. The highest BCUT2D eigenvalue weighted by atomic mass is 79.9. The number of carbonyl (C=O) groups is 2. The predicted octanol–water partition coefficient (Wildman–Crippen LogP) is 3.26. The number of nitrogens with zero attached hydrogens (tertiary/aromatic N) is 1. The van der Waals surface area contributed by atoms with Crippen molar-refractivity contribution in [3.8, 4) is 0 Å². The minimum absolute atomic E-state index is 0.000406. The van der Waals surface area contributed by atoms with Crippen LogP contribution in [0.4, 0.5) is 0 Å². The number of carbonyl (C=O) groups excluding carboxylic acids is 1. The van der Waals surface area contributed by atoms with Crippen molar-refractivity contribution >= 4 is 27.8 Å². The summed E-state index contributed by atoms with van der Waals surface area (Å²) in [6, 6.07) is 8.08. The highest BCUT2D eigenvalue weighted by Gasteiger charge is 2.46. The SMILES string of the molecule is CC(C)N(CCC(=O)O)C(=O)C1CC1c1ccc(Br)cc1. The second-order valence-electron chi connectivity index (χ2n) is 5.77. The Morgan fingerprint density at radius 1 is 1.33 bits per heavy atom. The Balaban J connectivity index is 1.99.